The van der Waals surface area contributed by atoms with Crippen LogP contribution in [0.1, 0.15) is 5.56 Å². The van der Waals surface area contributed by atoms with E-state index in [9.17, 15) is 18.0 Å². The third-order valence-corrected chi connectivity index (χ3v) is 5.01. The number of aryl methyl sites for hydroxylation is 1. The lowest BCUT2D eigenvalue weighted by atomic mass is 10.0. The van der Waals surface area contributed by atoms with Gasteiger partial charge in [0.2, 0.25) is 0 Å². The largest absolute Gasteiger partial charge is 0.416 e. The summed E-state index contributed by atoms with van der Waals surface area (Å²) in [6, 6.07) is 14.7. The van der Waals surface area contributed by atoms with Crippen LogP contribution in [0.25, 0.3) is 38.2 Å². The Hall–Kier alpha value is -3.15. The monoisotopic (exact) mass is 353 g/mol. The third-order valence-electron chi connectivity index (χ3n) is 5.01. The van der Waals surface area contributed by atoms with Crippen molar-refractivity contribution in [3.8, 4) is 0 Å². The average Bonchev–Trinajstić information content (AvgIpc) is 2.91. The Bertz CT molecular complexity index is 1390. The number of nitrogens with zero attached hydrogens (tertiary/aromatic N) is 2. The lowest BCUT2D eigenvalue weighted by Crippen LogP contribution is -2.29. The number of benzene rings is 3. The molecule has 0 spiro atoms. The predicted octanol–water partition coefficient (Wildman–Crippen LogP) is 4.04. The van der Waals surface area contributed by atoms with Crippen LogP contribution in [-0.2, 0) is 13.2 Å². The van der Waals surface area contributed by atoms with Crippen LogP contribution in [0.2, 0.25) is 0 Å². The summed E-state index contributed by atoms with van der Waals surface area (Å²) in [5.74, 6) is 0. The van der Waals surface area contributed by atoms with E-state index in [2.05, 4.69) is 0 Å². The Kier molecular flexibility index (Phi) is 2.75. The molecule has 2 heterocycles. The van der Waals surface area contributed by atoms with Gasteiger partial charge in [-0.3, -0.25) is 0 Å². The van der Waals surface area contributed by atoms with Crippen LogP contribution >= 0.6 is 0 Å². The van der Waals surface area contributed by atoms with E-state index in [0.29, 0.717) is 22.1 Å². The number of aromatic nitrogens is 2. The van der Waals surface area contributed by atoms with Crippen LogP contribution < -0.4 is 10.1 Å². The molecular weight excluding hydrogens is 341 g/mol. The van der Waals surface area contributed by atoms with Crippen LogP contribution in [0.15, 0.2) is 59.4 Å². The highest BCUT2D eigenvalue weighted by atomic mass is 19.4. The van der Waals surface area contributed by atoms with Crippen molar-refractivity contribution in [3.63, 3.8) is 0 Å². The van der Waals surface area contributed by atoms with Gasteiger partial charge in [0.1, 0.15) is 0 Å². The van der Waals surface area contributed by atoms with E-state index >= 15 is 0 Å². The second kappa shape index (κ2) is 4.72. The molecule has 0 aliphatic rings. The highest BCUT2D eigenvalue weighted by Gasteiger charge is 2.33. The number of pyridine rings is 1. The van der Waals surface area contributed by atoms with E-state index < -0.39 is 11.7 Å². The van der Waals surface area contributed by atoms with E-state index in [-0.39, 0.29) is 5.56 Å². The van der Waals surface area contributed by atoms with Crippen LogP contribution in [0.4, 0.5) is 13.2 Å². The second-order valence-electron chi connectivity index (χ2n) is 6.43. The highest BCUT2D eigenvalue weighted by molar-refractivity contribution is 6.14. The van der Waals surface area contributed by atoms with Crippen molar-refractivity contribution in [1.29, 1.82) is 0 Å². The molecule has 0 aliphatic heterocycles. The van der Waals surface area contributed by atoms with Gasteiger partial charge in [-0.1, -0.05) is 24.3 Å². The van der Waals surface area contributed by atoms with E-state index in [1.807, 2.05) is 30.3 Å². The number of fused-ring (bicyclic) bond motifs is 4. The normalized spacial score (nSPS) is 12.8. The van der Waals surface area contributed by atoms with Crippen molar-refractivity contribution >= 4 is 38.2 Å². The second-order valence-corrected chi connectivity index (χ2v) is 6.43. The predicted molar refractivity (Wildman–Crippen MR) is 93.5 cm³/mol. The topological polar surface area (TPSA) is 25.4 Å². The van der Waals surface area contributed by atoms with Crippen molar-refractivity contribution in [2.45, 2.75) is 6.18 Å². The third kappa shape index (κ3) is 1.78. The molecule has 0 unspecified atom stereocenters. The van der Waals surface area contributed by atoms with Gasteiger partial charge in [0, 0.05) is 11.5 Å². The highest BCUT2D eigenvalue weighted by Crippen LogP contribution is 2.32. The molecule has 0 aliphatic carbocycles. The van der Waals surface area contributed by atoms with Gasteiger partial charge < -0.3 is 0 Å². The van der Waals surface area contributed by atoms with Crippen molar-refractivity contribution in [1.82, 2.24) is 4.40 Å². The number of hydrogen-bond acceptors (Lipinski definition) is 1. The standard InChI is InChI=1S/C20H12F3N2O/c1-24-16-10-12(20(21,22)23)8-9-15(16)25-18(24)13-6-2-4-11-5-3-7-14(17(11)13)19(25)26/h2-10H,1H3/q+1. The summed E-state index contributed by atoms with van der Waals surface area (Å²) in [4.78, 5) is 13.1. The summed E-state index contributed by atoms with van der Waals surface area (Å²) in [6.45, 7) is 0. The summed E-state index contributed by atoms with van der Waals surface area (Å²) in [6.07, 6.45) is -4.43. The average molecular weight is 353 g/mol. The zero-order valence-electron chi connectivity index (χ0n) is 13.6. The van der Waals surface area contributed by atoms with Crippen molar-refractivity contribution in [2.75, 3.05) is 0 Å². The quantitative estimate of drug-likeness (QED) is 0.386. The molecule has 0 bridgehead atoms. The fourth-order valence-corrected chi connectivity index (χ4v) is 3.87. The van der Waals surface area contributed by atoms with E-state index in [0.717, 1.165) is 28.3 Å². The van der Waals surface area contributed by atoms with Gasteiger partial charge in [-0.25, -0.2) is 9.36 Å². The maximum atomic E-state index is 13.1. The lowest BCUT2D eigenvalue weighted by Gasteiger charge is -2.04. The maximum Gasteiger partial charge on any atom is 0.416 e. The molecular formula is C20H12F3N2O+. The summed E-state index contributed by atoms with van der Waals surface area (Å²) in [5.41, 5.74) is 0.468. The molecule has 3 nitrogen and oxygen atoms in total. The van der Waals surface area contributed by atoms with Gasteiger partial charge >= 0.3 is 11.7 Å². The minimum Gasteiger partial charge on any atom is -0.240 e. The molecule has 26 heavy (non-hydrogen) atoms. The minimum absolute atomic E-state index is 0.227. The first kappa shape index (κ1) is 15.1. The molecule has 128 valence electrons. The Morgan fingerprint density at radius 2 is 1.65 bits per heavy atom. The van der Waals surface area contributed by atoms with E-state index in [1.54, 1.807) is 17.7 Å². The zero-order valence-corrected chi connectivity index (χ0v) is 13.6. The molecule has 0 amide bonds. The van der Waals surface area contributed by atoms with Gasteiger partial charge in [0.15, 0.2) is 11.0 Å². The van der Waals surface area contributed by atoms with Crippen molar-refractivity contribution < 1.29 is 17.7 Å². The Morgan fingerprint density at radius 1 is 0.962 bits per heavy atom. The fraction of sp³-hybridized carbons (Fsp3) is 0.100. The SMILES string of the molecule is C[n+]1c2cc(C(F)(F)F)ccc2n2c(=O)c3cccc4cccc(c43)c21. The molecule has 0 N–H and O–H groups in total. The van der Waals surface area contributed by atoms with Gasteiger partial charge in [-0.05, 0) is 29.7 Å². The first-order chi connectivity index (χ1) is 12.4. The van der Waals surface area contributed by atoms with Crippen LogP contribution in [0.5, 0.6) is 0 Å². The Balaban J connectivity index is 2.11. The minimum atomic E-state index is -4.43. The maximum absolute atomic E-state index is 13.1. The van der Waals surface area contributed by atoms with E-state index in [4.69, 9.17) is 0 Å². The molecule has 6 heteroatoms. The van der Waals surface area contributed by atoms with Crippen LogP contribution in [0, 0.1) is 0 Å². The molecule has 3 aromatic carbocycles. The summed E-state index contributed by atoms with van der Waals surface area (Å²) >= 11 is 0. The molecule has 5 rings (SSSR count). The first-order valence-corrected chi connectivity index (χ1v) is 8.06. The van der Waals surface area contributed by atoms with Gasteiger partial charge in [0.25, 0.3) is 5.65 Å². The number of rotatable bonds is 0. The zero-order chi connectivity index (χ0) is 18.2. The smallest absolute Gasteiger partial charge is 0.240 e. The summed E-state index contributed by atoms with van der Waals surface area (Å²) in [5, 5.41) is 3.16. The molecule has 0 fully saturated rings. The van der Waals surface area contributed by atoms with Gasteiger partial charge in [-0.15, -0.1) is 0 Å². The Morgan fingerprint density at radius 3 is 2.35 bits per heavy atom. The molecule has 0 radical (unpaired) electrons. The molecule has 0 saturated heterocycles. The fourth-order valence-electron chi connectivity index (χ4n) is 3.87. The summed E-state index contributed by atoms with van der Waals surface area (Å²) in [7, 11) is 1.69. The van der Waals surface area contributed by atoms with Crippen LogP contribution in [-0.4, -0.2) is 4.40 Å². The van der Waals surface area contributed by atoms with E-state index in [1.165, 1.54) is 10.5 Å². The lowest BCUT2D eigenvalue weighted by molar-refractivity contribution is -0.617. The van der Waals surface area contributed by atoms with Crippen molar-refractivity contribution in [2.24, 2.45) is 7.05 Å². The number of hydrogen-bond donors (Lipinski definition) is 0. The molecule has 0 saturated carbocycles. The molecule has 0 atom stereocenters. The molecule has 5 aromatic rings. The van der Waals surface area contributed by atoms with Crippen LogP contribution in [0.3, 0.4) is 0 Å². The number of imidazole rings is 1. The Labute approximate surface area is 144 Å². The number of halogens is 3. The van der Waals surface area contributed by atoms with Gasteiger partial charge in [0.05, 0.1) is 23.4 Å². The summed E-state index contributed by atoms with van der Waals surface area (Å²) < 4.78 is 42.5. The van der Waals surface area contributed by atoms with Crippen molar-refractivity contribution in [3.05, 3.63) is 70.5 Å². The van der Waals surface area contributed by atoms with Gasteiger partial charge in [-0.2, -0.15) is 17.6 Å². The first-order valence-electron chi connectivity index (χ1n) is 8.06. The number of alkyl halides is 3. The molecule has 2 aromatic heterocycles.